The van der Waals surface area contributed by atoms with Gasteiger partial charge in [-0.1, -0.05) is 12.1 Å². The molecular weight excluding hydrogens is 334 g/mol. The molecule has 114 valence electrons. The third-order valence-corrected chi connectivity index (χ3v) is 3.87. The van der Waals surface area contributed by atoms with Gasteiger partial charge < -0.3 is 14.7 Å². The minimum absolute atomic E-state index is 0.717. The fourth-order valence-electron chi connectivity index (χ4n) is 2.09. The van der Waals surface area contributed by atoms with Gasteiger partial charge in [0.05, 0.1) is 30.0 Å². The number of rotatable bonds is 6. The Kier molecular flexibility index (Phi) is 5.39. The number of nitrogens with zero attached hydrogens (tertiary/aromatic N) is 3. The monoisotopic (exact) mass is 353 g/mol. The molecule has 21 heavy (non-hydrogen) atoms. The van der Waals surface area contributed by atoms with E-state index in [4.69, 9.17) is 4.74 Å². The van der Waals surface area contributed by atoms with E-state index in [0.717, 1.165) is 34.6 Å². The summed E-state index contributed by atoms with van der Waals surface area (Å²) in [5.41, 5.74) is 1.53. The van der Waals surface area contributed by atoms with E-state index in [1.807, 2.05) is 43.0 Å². The average molecular weight is 354 g/mol. The van der Waals surface area contributed by atoms with Gasteiger partial charge in [-0.15, -0.1) is 0 Å². The number of hydrogen-bond donors (Lipinski definition) is 1. The number of aliphatic hydroxyl groups is 1. The lowest BCUT2D eigenvalue weighted by atomic mass is 10.1. The molecule has 0 saturated carbocycles. The second kappa shape index (κ2) is 7.06. The maximum absolute atomic E-state index is 10.7. The second-order valence-corrected chi connectivity index (χ2v) is 5.94. The quantitative estimate of drug-likeness (QED) is 0.865. The lowest BCUT2D eigenvalue weighted by Crippen LogP contribution is -2.21. The zero-order valence-electron chi connectivity index (χ0n) is 12.5. The third kappa shape index (κ3) is 3.84. The van der Waals surface area contributed by atoms with Crippen LogP contribution in [-0.4, -0.2) is 47.5 Å². The summed E-state index contributed by atoms with van der Waals surface area (Å²) in [6, 6.07) is 7.43. The van der Waals surface area contributed by atoms with Gasteiger partial charge in [-0.25, -0.2) is 0 Å². The molecule has 1 aromatic carbocycles. The number of aromatic nitrogens is 2. The molecule has 1 atom stereocenters. The van der Waals surface area contributed by atoms with Crippen molar-refractivity contribution in [3.05, 3.63) is 46.2 Å². The Morgan fingerprint density at radius 3 is 2.86 bits per heavy atom. The standard InChI is InChI=1S/C15H20BrN3O2/c1-18(2)7-8-19-14(13(16)10-17-19)15(20)11-5-4-6-12(9-11)21-3/h4-6,9-10,15,20H,7-8H2,1-3H3. The summed E-state index contributed by atoms with van der Waals surface area (Å²) in [5, 5.41) is 15.0. The molecule has 2 aromatic rings. The molecule has 0 saturated heterocycles. The van der Waals surface area contributed by atoms with Crippen LogP contribution in [0.4, 0.5) is 0 Å². The fraction of sp³-hybridized carbons (Fsp3) is 0.400. The second-order valence-electron chi connectivity index (χ2n) is 5.08. The summed E-state index contributed by atoms with van der Waals surface area (Å²) in [6.07, 6.45) is 0.966. The Labute approximate surface area is 133 Å². The maximum atomic E-state index is 10.7. The van der Waals surface area contributed by atoms with E-state index < -0.39 is 6.10 Å². The first-order valence-corrected chi connectivity index (χ1v) is 7.50. The van der Waals surface area contributed by atoms with Crippen LogP contribution in [0.3, 0.4) is 0 Å². The van der Waals surface area contributed by atoms with Gasteiger partial charge in [0.2, 0.25) is 0 Å². The van der Waals surface area contributed by atoms with Gasteiger partial charge in [-0.05, 0) is 47.7 Å². The van der Waals surface area contributed by atoms with Crippen molar-refractivity contribution in [1.82, 2.24) is 14.7 Å². The van der Waals surface area contributed by atoms with Crippen molar-refractivity contribution in [2.24, 2.45) is 0 Å². The molecule has 0 aliphatic carbocycles. The largest absolute Gasteiger partial charge is 0.497 e. The minimum atomic E-state index is -0.751. The molecule has 0 aliphatic heterocycles. The number of benzene rings is 1. The Bertz CT molecular complexity index is 598. The van der Waals surface area contributed by atoms with E-state index >= 15 is 0 Å². The molecule has 0 aliphatic rings. The Morgan fingerprint density at radius 2 is 2.19 bits per heavy atom. The molecule has 0 bridgehead atoms. The fourth-order valence-corrected chi connectivity index (χ4v) is 2.60. The topological polar surface area (TPSA) is 50.5 Å². The van der Waals surface area contributed by atoms with Gasteiger partial charge in [-0.3, -0.25) is 4.68 Å². The molecule has 6 heteroatoms. The van der Waals surface area contributed by atoms with Crippen LogP contribution in [-0.2, 0) is 6.54 Å². The highest BCUT2D eigenvalue weighted by molar-refractivity contribution is 9.10. The van der Waals surface area contributed by atoms with Gasteiger partial charge in [0.25, 0.3) is 0 Å². The molecule has 0 amide bonds. The number of likely N-dealkylation sites (N-methyl/N-ethyl adjacent to an activating group) is 1. The molecule has 0 radical (unpaired) electrons. The van der Waals surface area contributed by atoms with Crippen molar-refractivity contribution in [3.63, 3.8) is 0 Å². The Hall–Kier alpha value is -1.37. The maximum Gasteiger partial charge on any atom is 0.122 e. The van der Waals surface area contributed by atoms with Crippen LogP contribution in [0, 0.1) is 0 Å². The highest BCUT2D eigenvalue weighted by Gasteiger charge is 2.20. The lowest BCUT2D eigenvalue weighted by Gasteiger charge is -2.17. The predicted octanol–water partition coefficient (Wildman–Crippen LogP) is 2.30. The smallest absolute Gasteiger partial charge is 0.122 e. The zero-order valence-corrected chi connectivity index (χ0v) is 14.0. The van der Waals surface area contributed by atoms with Crippen molar-refractivity contribution in [2.75, 3.05) is 27.7 Å². The highest BCUT2D eigenvalue weighted by Crippen LogP contribution is 2.30. The molecule has 1 unspecified atom stereocenters. The van der Waals surface area contributed by atoms with Gasteiger partial charge in [0.1, 0.15) is 11.9 Å². The van der Waals surface area contributed by atoms with E-state index in [2.05, 4.69) is 25.9 Å². The van der Waals surface area contributed by atoms with Crippen LogP contribution in [0.1, 0.15) is 17.4 Å². The van der Waals surface area contributed by atoms with E-state index in [1.165, 1.54) is 0 Å². The number of methoxy groups -OCH3 is 1. The Morgan fingerprint density at radius 1 is 1.43 bits per heavy atom. The van der Waals surface area contributed by atoms with Crippen LogP contribution >= 0.6 is 15.9 Å². The van der Waals surface area contributed by atoms with Crippen molar-refractivity contribution >= 4 is 15.9 Å². The summed E-state index contributed by atoms with van der Waals surface area (Å²) in [4.78, 5) is 2.08. The predicted molar refractivity (Wildman–Crippen MR) is 85.5 cm³/mol. The molecular formula is C15H20BrN3O2. The summed E-state index contributed by atoms with van der Waals surface area (Å²) in [5.74, 6) is 0.724. The van der Waals surface area contributed by atoms with E-state index in [0.29, 0.717) is 0 Å². The highest BCUT2D eigenvalue weighted by atomic mass is 79.9. The Balaban J connectivity index is 2.29. The van der Waals surface area contributed by atoms with Crippen molar-refractivity contribution in [1.29, 1.82) is 0 Å². The van der Waals surface area contributed by atoms with Crippen LogP contribution < -0.4 is 4.74 Å². The van der Waals surface area contributed by atoms with Crippen LogP contribution in [0.2, 0.25) is 0 Å². The van der Waals surface area contributed by atoms with Crippen molar-refractivity contribution in [2.45, 2.75) is 12.6 Å². The average Bonchev–Trinajstić information content (AvgIpc) is 2.85. The van der Waals surface area contributed by atoms with Gasteiger partial charge in [0, 0.05) is 6.54 Å². The molecule has 0 fully saturated rings. The first-order valence-electron chi connectivity index (χ1n) is 6.71. The normalized spacial score (nSPS) is 12.7. The number of ether oxygens (including phenoxy) is 1. The first kappa shape index (κ1) is 16.0. The van der Waals surface area contributed by atoms with Gasteiger partial charge >= 0.3 is 0 Å². The molecule has 2 rings (SSSR count). The van der Waals surface area contributed by atoms with Crippen LogP contribution in [0.15, 0.2) is 34.9 Å². The molecule has 1 N–H and O–H groups in total. The van der Waals surface area contributed by atoms with Crippen molar-refractivity contribution in [3.8, 4) is 5.75 Å². The van der Waals surface area contributed by atoms with E-state index in [9.17, 15) is 5.11 Å². The number of aliphatic hydroxyl groups excluding tert-OH is 1. The SMILES string of the molecule is COc1cccc(C(O)c2c(Br)cnn2CCN(C)C)c1. The van der Waals surface area contributed by atoms with Gasteiger partial charge in [0.15, 0.2) is 0 Å². The van der Waals surface area contributed by atoms with Crippen LogP contribution in [0.5, 0.6) is 5.75 Å². The number of hydrogen-bond acceptors (Lipinski definition) is 4. The molecule has 1 heterocycles. The van der Waals surface area contributed by atoms with Crippen LogP contribution in [0.25, 0.3) is 0 Å². The first-order chi connectivity index (χ1) is 10.0. The van der Waals surface area contributed by atoms with E-state index in [1.54, 1.807) is 13.3 Å². The number of halogens is 1. The summed E-state index contributed by atoms with van der Waals surface area (Å²) in [6.45, 7) is 1.57. The zero-order chi connectivity index (χ0) is 15.4. The lowest BCUT2D eigenvalue weighted by molar-refractivity contribution is 0.204. The minimum Gasteiger partial charge on any atom is -0.497 e. The summed E-state index contributed by atoms with van der Waals surface area (Å²) in [7, 11) is 5.64. The summed E-state index contributed by atoms with van der Waals surface area (Å²) < 4.78 is 7.84. The van der Waals surface area contributed by atoms with Crippen molar-refractivity contribution < 1.29 is 9.84 Å². The summed E-state index contributed by atoms with van der Waals surface area (Å²) >= 11 is 3.47. The third-order valence-electron chi connectivity index (χ3n) is 3.26. The molecule has 0 spiro atoms. The van der Waals surface area contributed by atoms with E-state index in [-0.39, 0.29) is 0 Å². The van der Waals surface area contributed by atoms with Gasteiger partial charge in [-0.2, -0.15) is 5.10 Å². The molecule has 1 aromatic heterocycles. The molecule has 5 nitrogen and oxygen atoms in total.